The minimum atomic E-state index is -0.313. The zero-order chi connectivity index (χ0) is 21.6. The van der Waals surface area contributed by atoms with Gasteiger partial charge in [0, 0.05) is 18.6 Å². The third kappa shape index (κ3) is 5.86. The Kier molecular flexibility index (Phi) is 7.15. The number of aromatic amines is 1. The Labute approximate surface area is 181 Å². The topological polar surface area (TPSA) is 71.0 Å². The molecule has 0 aliphatic carbocycles. The summed E-state index contributed by atoms with van der Waals surface area (Å²) in [7, 11) is 0. The van der Waals surface area contributed by atoms with E-state index in [1.165, 1.54) is 11.8 Å². The van der Waals surface area contributed by atoms with E-state index in [1.807, 2.05) is 86.3 Å². The standard InChI is InChI=1S/C23H28N4O2S/c1-23(2,3)27(16-19-12-8-5-9-13-19)20(28)17-30-22-25-24-21(29)26(22)15-14-18-10-6-4-7-11-18/h4-13H,14-17H2,1-3H3,(H,24,29). The molecule has 0 unspecified atom stereocenters. The van der Waals surface area contributed by atoms with E-state index in [9.17, 15) is 9.59 Å². The van der Waals surface area contributed by atoms with E-state index >= 15 is 0 Å². The van der Waals surface area contributed by atoms with Crippen molar-refractivity contribution in [1.82, 2.24) is 19.7 Å². The van der Waals surface area contributed by atoms with Crippen molar-refractivity contribution in [2.24, 2.45) is 0 Å². The van der Waals surface area contributed by atoms with Gasteiger partial charge in [-0.15, -0.1) is 5.10 Å². The van der Waals surface area contributed by atoms with Crippen molar-refractivity contribution in [2.45, 2.75) is 51.0 Å². The molecule has 0 fully saturated rings. The Morgan fingerprint density at radius 2 is 1.63 bits per heavy atom. The van der Waals surface area contributed by atoms with Crippen LogP contribution in [0.5, 0.6) is 0 Å². The second kappa shape index (κ2) is 9.80. The molecule has 3 rings (SSSR count). The number of thioether (sulfide) groups is 1. The lowest BCUT2D eigenvalue weighted by Gasteiger charge is -2.36. The van der Waals surface area contributed by atoms with Crippen LogP contribution in [-0.4, -0.2) is 36.9 Å². The van der Waals surface area contributed by atoms with Gasteiger partial charge >= 0.3 is 5.69 Å². The highest BCUT2D eigenvalue weighted by Crippen LogP contribution is 2.21. The number of carbonyl (C=O) groups excluding carboxylic acids is 1. The Balaban J connectivity index is 1.66. The highest BCUT2D eigenvalue weighted by atomic mass is 32.2. The number of amides is 1. The van der Waals surface area contributed by atoms with E-state index in [4.69, 9.17) is 0 Å². The molecule has 1 N–H and O–H groups in total. The van der Waals surface area contributed by atoms with Crippen molar-refractivity contribution in [2.75, 3.05) is 5.75 Å². The van der Waals surface area contributed by atoms with Gasteiger partial charge in [-0.1, -0.05) is 72.4 Å². The number of hydrogen-bond donors (Lipinski definition) is 1. The predicted octanol–water partition coefficient (Wildman–Crippen LogP) is 3.73. The van der Waals surface area contributed by atoms with Crippen molar-refractivity contribution in [3.05, 3.63) is 82.3 Å². The summed E-state index contributed by atoms with van der Waals surface area (Å²) in [5.41, 5.74) is 1.68. The van der Waals surface area contributed by atoms with Crippen molar-refractivity contribution >= 4 is 17.7 Å². The van der Waals surface area contributed by atoms with Crippen molar-refractivity contribution in [3.63, 3.8) is 0 Å². The molecule has 0 aliphatic rings. The third-order valence-electron chi connectivity index (χ3n) is 4.81. The number of nitrogens with zero attached hydrogens (tertiary/aromatic N) is 3. The molecule has 1 aromatic heterocycles. The molecule has 30 heavy (non-hydrogen) atoms. The van der Waals surface area contributed by atoms with Crippen LogP contribution in [0.2, 0.25) is 0 Å². The highest BCUT2D eigenvalue weighted by Gasteiger charge is 2.27. The quantitative estimate of drug-likeness (QED) is 0.559. The zero-order valence-electron chi connectivity index (χ0n) is 17.7. The first-order chi connectivity index (χ1) is 14.3. The summed E-state index contributed by atoms with van der Waals surface area (Å²) in [4.78, 5) is 27.1. The van der Waals surface area contributed by atoms with Gasteiger partial charge in [-0.3, -0.25) is 9.36 Å². The predicted molar refractivity (Wildman–Crippen MR) is 120 cm³/mol. The van der Waals surface area contributed by atoms with Gasteiger partial charge in [0.1, 0.15) is 0 Å². The van der Waals surface area contributed by atoms with Gasteiger partial charge in [-0.05, 0) is 38.3 Å². The fourth-order valence-electron chi connectivity index (χ4n) is 3.17. The average Bonchev–Trinajstić information content (AvgIpc) is 3.09. The molecule has 0 atom stereocenters. The molecule has 6 nitrogen and oxygen atoms in total. The lowest BCUT2D eigenvalue weighted by Crippen LogP contribution is -2.46. The minimum absolute atomic E-state index is 0.0152. The summed E-state index contributed by atoms with van der Waals surface area (Å²) < 4.78 is 1.60. The monoisotopic (exact) mass is 424 g/mol. The first kappa shape index (κ1) is 21.9. The summed E-state index contributed by atoms with van der Waals surface area (Å²) in [5.74, 6) is 0.237. The number of aryl methyl sites for hydroxylation is 1. The fraction of sp³-hybridized carbons (Fsp3) is 0.348. The summed E-state index contributed by atoms with van der Waals surface area (Å²) in [5, 5.41) is 7.17. The molecule has 0 aliphatic heterocycles. The molecule has 0 saturated heterocycles. The molecule has 158 valence electrons. The fourth-order valence-corrected chi connectivity index (χ4v) is 4.01. The first-order valence-electron chi connectivity index (χ1n) is 10.0. The Hall–Kier alpha value is -2.80. The maximum Gasteiger partial charge on any atom is 0.343 e. The molecule has 0 saturated carbocycles. The van der Waals surface area contributed by atoms with E-state index in [0.717, 1.165) is 17.5 Å². The summed E-state index contributed by atoms with van der Waals surface area (Å²) in [6.45, 7) is 7.16. The number of H-pyrrole nitrogens is 1. The molecule has 0 radical (unpaired) electrons. The normalized spacial score (nSPS) is 11.4. The summed E-state index contributed by atoms with van der Waals surface area (Å²) in [6, 6.07) is 20.0. The van der Waals surface area contributed by atoms with Crippen LogP contribution in [0, 0.1) is 0 Å². The van der Waals surface area contributed by atoms with Crippen LogP contribution in [0.4, 0.5) is 0 Å². The number of aromatic nitrogens is 3. The Morgan fingerprint density at radius 3 is 2.23 bits per heavy atom. The highest BCUT2D eigenvalue weighted by molar-refractivity contribution is 7.99. The summed E-state index contributed by atoms with van der Waals surface area (Å²) >= 11 is 1.30. The minimum Gasteiger partial charge on any atom is -0.333 e. The Morgan fingerprint density at radius 1 is 1.03 bits per heavy atom. The van der Waals surface area contributed by atoms with Crippen LogP contribution in [0.3, 0.4) is 0 Å². The molecule has 0 spiro atoms. The van der Waals surface area contributed by atoms with Crippen LogP contribution in [-0.2, 0) is 24.3 Å². The number of carbonyl (C=O) groups is 1. The van der Waals surface area contributed by atoms with Crippen molar-refractivity contribution in [3.8, 4) is 0 Å². The largest absolute Gasteiger partial charge is 0.343 e. The number of rotatable bonds is 8. The van der Waals surface area contributed by atoms with E-state index in [-0.39, 0.29) is 22.9 Å². The molecule has 1 heterocycles. The van der Waals surface area contributed by atoms with Crippen LogP contribution in [0.25, 0.3) is 0 Å². The van der Waals surface area contributed by atoms with Gasteiger partial charge in [0.25, 0.3) is 0 Å². The van der Waals surface area contributed by atoms with Gasteiger partial charge in [-0.2, -0.15) is 0 Å². The van der Waals surface area contributed by atoms with Crippen molar-refractivity contribution in [1.29, 1.82) is 0 Å². The van der Waals surface area contributed by atoms with Gasteiger partial charge in [0.05, 0.1) is 5.75 Å². The van der Waals surface area contributed by atoms with Gasteiger partial charge in [0.2, 0.25) is 5.91 Å². The molecule has 2 aromatic carbocycles. The van der Waals surface area contributed by atoms with Crippen molar-refractivity contribution < 1.29 is 4.79 Å². The van der Waals surface area contributed by atoms with Crippen LogP contribution in [0.1, 0.15) is 31.9 Å². The summed E-state index contributed by atoms with van der Waals surface area (Å²) in [6.07, 6.45) is 0.726. The number of hydrogen-bond acceptors (Lipinski definition) is 4. The molecule has 7 heteroatoms. The number of nitrogens with one attached hydrogen (secondary N) is 1. The van der Waals surface area contributed by atoms with E-state index in [1.54, 1.807) is 4.57 Å². The lowest BCUT2D eigenvalue weighted by molar-refractivity contribution is -0.133. The second-order valence-electron chi connectivity index (χ2n) is 8.12. The van der Waals surface area contributed by atoms with E-state index in [0.29, 0.717) is 18.2 Å². The van der Waals surface area contributed by atoms with Gasteiger partial charge < -0.3 is 4.90 Å². The van der Waals surface area contributed by atoms with Crippen LogP contribution in [0.15, 0.2) is 70.6 Å². The molecule has 1 amide bonds. The van der Waals surface area contributed by atoms with E-state index < -0.39 is 0 Å². The Bertz CT molecular complexity index is 1010. The van der Waals surface area contributed by atoms with Crippen LogP contribution < -0.4 is 5.69 Å². The molecule has 0 bridgehead atoms. The van der Waals surface area contributed by atoms with Gasteiger partial charge in [-0.25, -0.2) is 9.89 Å². The average molecular weight is 425 g/mol. The molecular weight excluding hydrogens is 396 g/mol. The first-order valence-corrected chi connectivity index (χ1v) is 11.0. The second-order valence-corrected chi connectivity index (χ2v) is 9.07. The molecular formula is C23H28N4O2S. The number of benzene rings is 2. The maximum atomic E-state index is 13.0. The third-order valence-corrected chi connectivity index (χ3v) is 5.77. The maximum absolute atomic E-state index is 13.0. The van der Waals surface area contributed by atoms with Crippen LogP contribution >= 0.6 is 11.8 Å². The van der Waals surface area contributed by atoms with Gasteiger partial charge in [0.15, 0.2) is 5.16 Å². The zero-order valence-corrected chi connectivity index (χ0v) is 18.5. The molecule has 3 aromatic rings. The van der Waals surface area contributed by atoms with E-state index in [2.05, 4.69) is 10.2 Å². The SMILES string of the molecule is CC(C)(C)N(Cc1ccccc1)C(=O)CSc1n[nH]c(=O)n1CCc1ccccc1. The smallest absolute Gasteiger partial charge is 0.333 e. The lowest BCUT2D eigenvalue weighted by atomic mass is 10.0.